The zero-order valence-corrected chi connectivity index (χ0v) is 16.4. The normalized spacial score (nSPS) is 11.3. The molecule has 3 rings (SSSR count). The largest absolute Gasteiger partial charge is 0.352 e. The lowest BCUT2D eigenvalue weighted by Crippen LogP contribution is -2.38. The second-order valence-electron chi connectivity index (χ2n) is 6.73. The van der Waals surface area contributed by atoms with E-state index in [0.29, 0.717) is 13.1 Å². The molecule has 0 saturated carbocycles. The summed E-state index contributed by atoms with van der Waals surface area (Å²) in [6, 6.07) is 23.8. The Balaban J connectivity index is 1.56. The summed E-state index contributed by atoms with van der Waals surface area (Å²) in [5, 5.41) is 3.40. The molecule has 28 heavy (non-hydrogen) atoms. The number of rotatable bonds is 6. The molecule has 0 saturated heterocycles. The van der Waals surface area contributed by atoms with Crippen LogP contribution in [0.3, 0.4) is 0 Å². The van der Waals surface area contributed by atoms with Gasteiger partial charge in [0, 0.05) is 39.4 Å². The van der Waals surface area contributed by atoms with Crippen LogP contribution >= 0.6 is 0 Å². The lowest BCUT2D eigenvalue weighted by atomic mass is 10.1. The highest BCUT2D eigenvalue weighted by Crippen LogP contribution is 2.07. The number of benzene rings is 2. The Hall–Kier alpha value is -3.34. The number of hydrogen-bond donors (Lipinski definition) is 1. The molecular formula is C23H26N4O. The van der Waals surface area contributed by atoms with Gasteiger partial charge in [-0.25, -0.2) is 0 Å². The van der Waals surface area contributed by atoms with Crippen molar-refractivity contribution in [2.45, 2.75) is 19.6 Å². The van der Waals surface area contributed by atoms with Crippen LogP contribution in [0.25, 0.3) is 0 Å². The van der Waals surface area contributed by atoms with Gasteiger partial charge < -0.3 is 14.8 Å². The summed E-state index contributed by atoms with van der Waals surface area (Å²) >= 11 is 0. The lowest BCUT2D eigenvalue weighted by Gasteiger charge is -2.22. The van der Waals surface area contributed by atoms with Gasteiger partial charge >= 0.3 is 0 Å². The molecule has 144 valence electrons. The molecule has 1 heterocycles. The quantitative estimate of drug-likeness (QED) is 0.533. The van der Waals surface area contributed by atoms with Crippen LogP contribution < -0.4 is 10.9 Å². The fraction of sp³-hybridized carbons (Fsp3) is 0.217. The summed E-state index contributed by atoms with van der Waals surface area (Å²) in [7, 11) is 3.83. The first-order valence-electron chi connectivity index (χ1n) is 9.34. The maximum absolute atomic E-state index is 11.8. The number of hydrogen-bond acceptors (Lipinski definition) is 2. The zero-order chi connectivity index (χ0) is 19.8. The van der Waals surface area contributed by atoms with E-state index in [1.54, 1.807) is 23.7 Å². The van der Waals surface area contributed by atoms with E-state index in [1.165, 1.54) is 11.1 Å². The van der Waals surface area contributed by atoms with Gasteiger partial charge in [-0.1, -0.05) is 60.7 Å². The molecule has 5 nitrogen and oxygen atoms in total. The molecule has 0 bridgehead atoms. The van der Waals surface area contributed by atoms with Gasteiger partial charge in [0.05, 0.1) is 6.54 Å². The molecular weight excluding hydrogens is 348 g/mol. The number of aromatic nitrogens is 1. The van der Waals surface area contributed by atoms with Crippen molar-refractivity contribution in [2.75, 3.05) is 14.1 Å². The van der Waals surface area contributed by atoms with E-state index in [2.05, 4.69) is 51.6 Å². The molecule has 3 aromatic rings. The molecule has 5 heteroatoms. The SMILES string of the molecule is CN=C(NCc1ccc(Cn2ccccc2=O)cc1)N(C)Cc1ccccc1. The third kappa shape index (κ3) is 5.33. The highest BCUT2D eigenvalue weighted by molar-refractivity contribution is 5.79. The van der Waals surface area contributed by atoms with Crippen molar-refractivity contribution >= 4 is 5.96 Å². The first-order chi connectivity index (χ1) is 13.7. The Labute approximate surface area is 166 Å². The van der Waals surface area contributed by atoms with Crippen molar-refractivity contribution in [3.63, 3.8) is 0 Å². The molecule has 2 aromatic carbocycles. The number of pyridine rings is 1. The number of nitrogens with zero attached hydrogens (tertiary/aromatic N) is 3. The summed E-state index contributed by atoms with van der Waals surface area (Å²) < 4.78 is 1.70. The maximum Gasteiger partial charge on any atom is 0.250 e. The standard InChI is InChI=1S/C23H26N4O/c1-24-23(26(2)17-20-8-4-3-5-9-20)25-16-19-11-13-21(14-12-19)18-27-15-7-6-10-22(27)28/h3-15H,16-18H2,1-2H3,(H,24,25). The third-order valence-corrected chi connectivity index (χ3v) is 4.56. The predicted octanol–water partition coefficient (Wildman–Crippen LogP) is 3.10. The van der Waals surface area contributed by atoms with E-state index >= 15 is 0 Å². The highest BCUT2D eigenvalue weighted by Gasteiger charge is 2.06. The molecule has 1 aromatic heterocycles. The van der Waals surface area contributed by atoms with Gasteiger partial charge in [0.2, 0.25) is 0 Å². The number of aliphatic imine (C=N–C) groups is 1. The Kier molecular flexibility index (Phi) is 6.63. The van der Waals surface area contributed by atoms with Crippen LogP contribution in [0.15, 0.2) is 88.8 Å². The van der Waals surface area contributed by atoms with Crippen LogP contribution in [-0.2, 0) is 19.6 Å². The summed E-state index contributed by atoms with van der Waals surface area (Å²) in [5.74, 6) is 0.851. The molecule has 0 atom stereocenters. The number of nitrogens with one attached hydrogen (secondary N) is 1. The molecule has 0 aliphatic rings. The Morgan fingerprint density at radius 1 is 0.929 bits per heavy atom. The second kappa shape index (κ2) is 9.55. The first kappa shape index (κ1) is 19.4. The zero-order valence-electron chi connectivity index (χ0n) is 16.4. The van der Waals surface area contributed by atoms with Crippen LogP contribution in [0, 0.1) is 0 Å². The van der Waals surface area contributed by atoms with E-state index in [0.717, 1.165) is 18.1 Å². The minimum absolute atomic E-state index is 0.0125. The maximum atomic E-state index is 11.8. The third-order valence-electron chi connectivity index (χ3n) is 4.56. The average Bonchev–Trinajstić information content (AvgIpc) is 2.72. The van der Waals surface area contributed by atoms with Gasteiger partial charge in [0.1, 0.15) is 0 Å². The topological polar surface area (TPSA) is 49.6 Å². The smallest absolute Gasteiger partial charge is 0.250 e. The van der Waals surface area contributed by atoms with Crippen molar-refractivity contribution < 1.29 is 0 Å². The fourth-order valence-corrected chi connectivity index (χ4v) is 3.05. The van der Waals surface area contributed by atoms with Crippen molar-refractivity contribution in [3.8, 4) is 0 Å². The Bertz CT molecular complexity index is 962. The summed E-state index contributed by atoms with van der Waals surface area (Å²) in [6.45, 7) is 2.07. The Morgan fingerprint density at radius 3 is 2.29 bits per heavy atom. The predicted molar refractivity (Wildman–Crippen MR) is 114 cm³/mol. The fourth-order valence-electron chi connectivity index (χ4n) is 3.05. The molecule has 0 spiro atoms. The van der Waals surface area contributed by atoms with Crippen LogP contribution in [0.1, 0.15) is 16.7 Å². The molecule has 0 amide bonds. The van der Waals surface area contributed by atoms with E-state index in [-0.39, 0.29) is 5.56 Å². The summed E-state index contributed by atoms with van der Waals surface area (Å²) in [5.41, 5.74) is 3.52. The van der Waals surface area contributed by atoms with Gasteiger partial charge in [0.15, 0.2) is 5.96 Å². The second-order valence-corrected chi connectivity index (χ2v) is 6.73. The van der Waals surface area contributed by atoms with Gasteiger partial charge in [-0.3, -0.25) is 9.79 Å². The van der Waals surface area contributed by atoms with Crippen LogP contribution in [-0.4, -0.2) is 29.5 Å². The molecule has 0 radical (unpaired) electrons. The van der Waals surface area contributed by atoms with Crippen molar-refractivity contribution in [1.82, 2.24) is 14.8 Å². The molecule has 0 fully saturated rings. The Morgan fingerprint density at radius 2 is 1.61 bits per heavy atom. The van der Waals surface area contributed by atoms with E-state index in [4.69, 9.17) is 0 Å². The van der Waals surface area contributed by atoms with Gasteiger partial charge in [-0.05, 0) is 22.8 Å². The van der Waals surface area contributed by atoms with Gasteiger partial charge in [-0.15, -0.1) is 0 Å². The summed E-state index contributed by atoms with van der Waals surface area (Å²) in [6.07, 6.45) is 1.81. The van der Waals surface area contributed by atoms with E-state index in [9.17, 15) is 4.79 Å². The van der Waals surface area contributed by atoms with Crippen LogP contribution in [0.4, 0.5) is 0 Å². The average molecular weight is 374 g/mol. The highest BCUT2D eigenvalue weighted by atomic mass is 16.1. The van der Waals surface area contributed by atoms with Crippen LogP contribution in [0.5, 0.6) is 0 Å². The molecule has 1 N–H and O–H groups in total. The molecule has 0 aliphatic carbocycles. The first-order valence-corrected chi connectivity index (χ1v) is 9.34. The monoisotopic (exact) mass is 374 g/mol. The number of guanidine groups is 1. The van der Waals surface area contributed by atoms with E-state index < -0.39 is 0 Å². The van der Waals surface area contributed by atoms with Crippen molar-refractivity contribution in [2.24, 2.45) is 4.99 Å². The van der Waals surface area contributed by atoms with Gasteiger partial charge in [0.25, 0.3) is 5.56 Å². The minimum Gasteiger partial charge on any atom is -0.352 e. The van der Waals surface area contributed by atoms with Gasteiger partial charge in [-0.2, -0.15) is 0 Å². The summed E-state index contributed by atoms with van der Waals surface area (Å²) in [4.78, 5) is 18.3. The lowest BCUT2D eigenvalue weighted by molar-refractivity contribution is 0.476. The molecule has 0 unspecified atom stereocenters. The van der Waals surface area contributed by atoms with Crippen molar-refractivity contribution in [1.29, 1.82) is 0 Å². The van der Waals surface area contributed by atoms with Crippen molar-refractivity contribution in [3.05, 3.63) is 106 Å². The van der Waals surface area contributed by atoms with E-state index in [1.807, 2.05) is 37.5 Å². The minimum atomic E-state index is 0.0125. The molecule has 0 aliphatic heterocycles. The van der Waals surface area contributed by atoms with Crippen LogP contribution in [0.2, 0.25) is 0 Å².